The molecule has 0 aliphatic carbocycles. The molecule has 3 rings (SSSR count). The first kappa shape index (κ1) is 16.8. The Morgan fingerprint density at radius 1 is 1.16 bits per heavy atom. The Balaban J connectivity index is 1.62. The van der Waals surface area contributed by atoms with Gasteiger partial charge in [0, 0.05) is 11.8 Å². The Labute approximate surface area is 146 Å². The Hall–Kier alpha value is -3.02. The van der Waals surface area contributed by atoms with E-state index in [1.165, 1.54) is 5.56 Å². The summed E-state index contributed by atoms with van der Waals surface area (Å²) in [5.41, 5.74) is 3.41. The number of rotatable bonds is 4. The van der Waals surface area contributed by atoms with Crippen LogP contribution >= 0.6 is 0 Å². The molecule has 1 N–H and O–H groups in total. The van der Waals surface area contributed by atoms with E-state index in [1.807, 2.05) is 36.4 Å². The van der Waals surface area contributed by atoms with E-state index in [2.05, 4.69) is 41.4 Å². The van der Waals surface area contributed by atoms with Gasteiger partial charge in [-0.2, -0.15) is 0 Å². The molecule has 0 spiro atoms. The molecular formula is C19H21N5O. The number of nitrogens with one attached hydrogen (secondary N) is 1. The normalized spacial score (nSPS) is 11.3. The first-order valence-electron chi connectivity index (χ1n) is 8.14. The average Bonchev–Trinajstić information content (AvgIpc) is 3.09. The molecule has 0 radical (unpaired) electrons. The molecule has 1 aromatic carbocycles. The van der Waals surface area contributed by atoms with Gasteiger partial charge in [0.05, 0.1) is 24.6 Å². The van der Waals surface area contributed by atoms with E-state index in [1.54, 1.807) is 23.3 Å². The second kappa shape index (κ2) is 6.84. The Bertz CT molecular complexity index is 848. The lowest BCUT2D eigenvalue weighted by atomic mass is 9.87. The summed E-state index contributed by atoms with van der Waals surface area (Å²) < 4.78 is 1.63. The maximum absolute atomic E-state index is 12.3. The van der Waals surface area contributed by atoms with Crippen molar-refractivity contribution in [3.8, 4) is 5.69 Å². The fraction of sp³-hybridized carbons (Fsp3) is 0.263. The zero-order valence-corrected chi connectivity index (χ0v) is 14.6. The van der Waals surface area contributed by atoms with Crippen LogP contribution in [0.2, 0.25) is 0 Å². The Morgan fingerprint density at radius 3 is 2.56 bits per heavy atom. The molecule has 0 saturated heterocycles. The zero-order valence-electron chi connectivity index (χ0n) is 14.6. The van der Waals surface area contributed by atoms with Gasteiger partial charge in [0.1, 0.15) is 5.69 Å². The van der Waals surface area contributed by atoms with Gasteiger partial charge >= 0.3 is 0 Å². The Kier molecular flexibility index (Phi) is 4.61. The van der Waals surface area contributed by atoms with Crippen LogP contribution in [0.5, 0.6) is 0 Å². The third kappa shape index (κ3) is 4.09. The van der Waals surface area contributed by atoms with Crippen LogP contribution in [0.25, 0.3) is 5.69 Å². The van der Waals surface area contributed by atoms with Crippen molar-refractivity contribution in [1.29, 1.82) is 0 Å². The van der Waals surface area contributed by atoms with Crippen molar-refractivity contribution in [1.82, 2.24) is 25.3 Å². The van der Waals surface area contributed by atoms with Gasteiger partial charge in [-0.1, -0.05) is 38.1 Å². The number of aromatic nitrogens is 4. The van der Waals surface area contributed by atoms with Gasteiger partial charge in [0.15, 0.2) is 0 Å². The van der Waals surface area contributed by atoms with Crippen molar-refractivity contribution in [2.75, 3.05) is 0 Å². The standard InChI is InChI=1S/C19H21N5O/c1-19(2,3)15-8-6-14(7-9-15)18(25)21-11-16-13-24(23-22-16)17-5-4-10-20-12-17/h4-10,12-13H,11H2,1-3H3,(H,21,25). The van der Waals surface area contributed by atoms with E-state index in [-0.39, 0.29) is 11.3 Å². The van der Waals surface area contributed by atoms with E-state index in [9.17, 15) is 4.79 Å². The first-order valence-corrected chi connectivity index (χ1v) is 8.14. The SMILES string of the molecule is CC(C)(C)c1ccc(C(=O)NCc2cn(-c3cccnc3)nn2)cc1. The van der Waals surface area contributed by atoms with Crippen LogP contribution in [0, 0.1) is 0 Å². The number of amides is 1. The average molecular weight is 335 g/mol. The molecule has 0 aliphatic rings. The monoisotopic (exact) mass is 335 g/mol. The number of carbonyl (C=O) groups is 1. The van der Waals surface area contributed by atoms with Gasteiger partial charge in [0.2, 0.25) is 0 Å². The largest absolute Gasteiger partial charge is 0.346 e. The minimum absolute atomic E-state index is 0.0692. The molecule has 0 saturated carbocycles. The van der Waals surface area contributed by atoms with Gasteiger partial charge in [-0.15, -0.1) is 5.10 Å². The molecule has 2 heterocycles. The molecular weight excluding hydrogens is 314 g/mol. The summed E-state index contributed by atoms with van der Waals surface area (Å²) in [6.45, 7) is 6.76. The van der Waals surface area contributed by atoms with Crippen molar-refractivity contribution in [2.24, 2.45) is 0 Å². The Morgan fingerprint density at radius 2 is 1.92 bits per heavy atom. The van der Waals surface area contributed by atoms with Crippen molar-refractivity contribution in [3.63, 3.8) is 0 Å². The van der Waals surface area contributed by atoms with E-state index >= 15 is 0 Å². The maximum atomic E-state index is 12.3. The van der Waals surface area contributed by atoms with Gasteiger partial charge in [-0.25, -0.2) is 4.68 Å². The number of hydrogen-bond acceptors (Lipinski definition) is 4. The van der Waals surface area contributed by atoms with E-state index in [0.29, 0.717) is 17.8 Å². The molecule has 0 unspecified atom stereocenters. The van der Waals surface area contributed by atoms with Crippen LogP contribution in [0.3, 0.4) is 0 Å². The molecule has 0 bridgehead atoms. The minimum Gasteiger partial charge on any atom is -0.346 e. The lowest BCUT2D eigenvalue weighted by molar-refractivity contribution is 0.0950. The van der Waals surface area contributed by atoms with Gasteiger partial charge in [-0.05, 0) is 35.2 Å². The molecule has 128 valence electrons. The lowest BCUT2D eigenvalue weighted by Crippen LogP contribution is -2.23. The number of nitrogens with zero attached hydrogens (tertiary/aromatic N) is 4. The summed E-state index contributed by atoms with van der Waals surface area (Å²) in [5, 5.41) is 11.0. The molecule has 25 heavy (non-hydrogen) atoms. The molecule has 6 nitrogen and oxygen atoms in total. The smallest absolute Gasteiger partial charge is 0.251 e. The molecule has 0 aliphatic heterocycles. The summed E-state index contributed by atoms with van der Waals surface area (Å²) in [6.07, 6.45) is 5.18. The van der Waals surface area contributed by atoms with Crippen LogP contribution in [-0.4, -0.2) is 25.9 Å². The molecule has 6 heteroatoms. The minimum atomic E-state index is -0.128. The third-order valence-electron chi connectivity index (χ3n) is 3.89. The highest BCUT2D eigenvalue weighted by atomic mass is 16.1. The van der Waals surface area contributed by atoms with Gasteiger partial charge in [0.25, 0.3) is 5.91 Å². The van der Waals surface area contributed by atoms with E-state index < -0.39 is 0 Å². The third-order valence-corrected chi connectivity index (χ3v) is 3.89. The predicted octanol–water partition coefficient (Wildman–Crippen LogP) is 2.89. The van der Waals surface area contributed by atoms with Gasteiger partial charge < -0.3 is 5.32 Å². The quantitative estimate of drug-likeness (QED) is 0.796. The second-order valence-corrected chi connectivity index (χ2v) is 6.88. The summed E-state index contributed by atoms with van der Waals surface area (Å²) >= 11 is 0. The molecule has 1 amide bonds. The summed E-state index contributed by atoms with van der Waals surface area (Å²) in [6, 6.07) is 11.4. The molecule has 0 fully saturated rings. The van der Waals surface area contributed by atoms with Crippen LogP contribution in [0.4, 0.5) is 0 Å². The molecule has 2 aromatic heterocycles. The second-order valence-electron chi connectivity index (χ2n) is 6.88. The van der Waals surface area contributed by atoms with Crippen molar-refractivity contribution >= 4 is 5.91 Å². The number of pyridine rings is 1. The summed E-state index contributed by atoms with van der Waals surface area (Å²) in [4.78, 5) is 16.3. The number of benzene rings is 1. The van der Waals surface area contributed by atoms with Gasteiger partial charge in [-0.3, -0.25) is 9.78 Å². The predicted molar refractivity (Wildman–Crippen MR) is 95.5 cm³/mol. The number of carbonyl (C=O) groups excluding carboxylic acids is 1. The van der Waals surface area contributed by atoms with Crippen LogP contribution in [0.1, 0.15) is 42.4 Å². The van der Waals surface area contributed by atoms with Crippen molar-refractivity contribution in [2.45, 2.75) is 32.7 Å². The van der Waals surface area contributed by atoms with Crippen LogP contribution < -0.4 is 5.32 Å². The highest BCUT2D eigenvalue weighted by Crippen LogP contribution is 2.22. The maximum Gasteiger partial charge on any atom is 0.251 e. The molecule has 3 aromatic rings. The van der Waals surface area contributed by atoms with E-state index in [4.69, 9.17) is 0 Å². The van der Waals surface area contributed by atoms with E-state index in [0.717, 1.165) is 5.69 Å². The fourth-order valence-electron chi connectivity index (χ4n) is 2.39. The lowest BCUT2D eigenvalue weighted by Gasteiger charge is -2.19. The molecule has 0 atom stereocenters. The zero-order chi connectivity index (χ0) is 17.9. The first-order chi connectivity index (χ1) is 11.9. The fourth-order valence-corrected chi connectivity index (χ4v) is 2.39. The van der Waals surface area contributed by atoms with Crippen molar-refractivity contribution in [3.05, 3.63) is 71.8 Å². The number of hydrogen-bond donors (Lipinski definition) is 1. The van der Waals surface area contributed by atoms with Crippen LogP contribution in [-0.2, 0) is 12.0 Å². The summed E-state index contributed by atoms with van der Waals surface area (Å²) in [5.74, 6) is -0.128. The van der Waals surface area contributed by atoms with Crippen LogP contribution in [0.15, 0.2) is 55.0 Å². The highest BCUT2D eigenvalue weighted by Gasteiger charge is 2.14. The summed E-state index contributed by atoms with van der Waals surface area (Å²) in [7, 11) is 0. The highest BCUT2D eigenvalue weighted by molar-refractivity contribution is 5.94. The van der Waals surface area contributed by atoms with Crippen molar-refractivity contribution < 1.29 is 4.79 Å². The topological polar surface area (TPSA) is 72.7 Å².